The average molecular weight is 310 g/mol. The van der Waals surface area contributed by atoms with Crippen molar-refractivity contribution < 1.29 is 14.3 Å². The van der Waals surface area contributed by atoms with Gasteiger partial charge in [0.1, 0.15) is 11.9 Å². The first kappa shape index (κ1) is 14.4. The molecule has 0 saturated heterocycles. The van der Waals surface area contributed by atoms with Crippen molar-refractivity contribution in [2.75, 3.05) is 11.9 Å². The fourth-order valence-corrected chi connectivity index (χ4v) is 1.72. The van der Waals surface area contributed by atoms with Crippen molar-refractivity contribution in [2.24, 2.45) is 0 Å². The first-order valence-corrected chi connectivity index (χ1v) is 6.53. The lowest BCUT2D eigenvalue weighted by Gasteiger charge is -2.07. The van der Waals surface area contributed by atoms with E-state index < -0.39 is 5.97 Å². The molecule has 0 aliphatic rings. The van der Waals surface area contributed by atoms with Gasteiger partial charge in [0.15, 0.2) is 0 Å². The summed E-state index contributed by atoms with van der Waals surface area (Å²) in [6, 6.07) is 6.80. The summed E-state index contributed by atoms with van der Waals surface area (Å²) in [4.78, 5) is 23.0. The maximum Gasteiger partial charge on any atom is 0.339 e. The molecule has 0 aliphatic heterocycles. The molecule has 0 saturated carbocycles. The van der Waals surface area contributed by atoms with Crippen molar-refractivity contribution >= 4 is 27.7 Å². The second-order valence-electron chi connectivity index (χ2n) is 3.52. The monoisotopic (exact) mass is 309 g/mol. The van der Waals surface area contributed by atoms with Crippen LogP contribution in [0.25, 0.3) is 0 Å². The van der Waals surface area contributed by atoms with Crippen LogP contribution in [0.2, 0.25) is 0 Å². The zero-order valence-corrected chi connectivity index (χ0v) is 11.5. The lowest BCUT2D eigenvalue weighted by atomic mass is 9.98. The van der Waals surface area contributed by atoms with Crippen molar-refractivity contribution in [1.29, 1.82) is 5.26 Å². The summed E-state index contributed by atoms with van der Waals surface area (Å²) < 4.78 is 4.87. The molecule has 4 nitrogen and oxygen atoms in total. The molecule has 0 fully saturated rings. The summed E-state index contributed by atoms with van der Waals surface area (Å²) in [6.45, 7) is 1.94. The number of nitriles is 1. The Hall–Kier alpha value is -1.67. The lowest BCUT2D eigenvalue weighted by Crippen LogP contribution is -2.11. The predicted molar refractivity (Wildman–Crippen MR) is 69.6 cm³/mol. The highest BCUT2D eigenvalue weighted by Crippen LogP contribution is 2.16. The Kier molecular flexibility index (Phi) is 5.53. The summed E-state index contributed by atoms with van der Waals surface area (Å²) in [7, 11) is 0. The molecule has 0 aliphatic carbocycles. The van der Waals surface area contributed by atoms with E-state index in [0.29, 0.717) is 5.56 Å². The first-order chi connectivity index (χ1) is 8.63. The van der Waals surface area contributed by atoms with E-state index in [9.17, 15) is 9.59 Å². The Balaban J connectivity index is 3.15. The van der Waals surface area contributed by atoms with Gasteiger partial charge in [-0.15, -0.1) is 0 Å². The molecule has 1 aromatic rings. The second kappa shape index (κ2) is 6.92. The molecule has 0 radical (unpaired) electrons. The Labute approximate surface area is 114 Å². The largest absolute Gasteiger partial charge is 0.462 e. The van der Waals surface area contributed by atoms with Gasteiger partial charge >= 0.3 is 5.97 Å². The van der Waals surface area contributed by atoms with E-state index in [1.807, 2.05) is 6.07 Å². The molecule has 0 unspecified atom stereocenters. The molecule has 0 spiro atoms. The van der Waals surface area contributed by atoms with Crippen LogP contribution in [0.5, 0.6) is 0 Å². The molecule has 0 amide bonds. The Morgan fingerprint density at radius 1 is 1.44 bits per heavy atom. The van der Waals surface area contributed by atoms with Crippen LogP contribution in [0.1, 0.15) is 28.4 Å². The molecular formula is C13H12BrNO3. The smallest absolute Gasteiger partial charge is 0.339 e. The van der Waals surface area contributed by atoms with Gasteiger partial charge < -0.3 is 4.74 Å². The SMILES string of the molecule is CCOC(=O)c1cccc(CC(=O)CBr)c1C#N. The summed E-state index contributed by atoms with van der Waals surface area (Å²) in [5, 5.41) is 9.34. The van der Waals surface area contributed by atoms with Gasteiger partial charge in [-0.05, 0) is 18.6 Å². The minimum absolute atomic E-state index is 0.0486. The van der Waals surface area contributed by atoms with Gasteiger partial charge in [-0.2, -0.15) is 5.26 Å². The molecule has 0 heterocycles. The highest BCUT2D eigenvalue weighted by atomic mass is 79.9. The van der Waals surface area contributed by atoms with Crippen molar-refractivity contribution in [3.05, 3.63) is 34.9 Å². The van der Waals surface area contributed by atoms with Gasteiger partial charge in [-0.25, -0.2) is 4.79 Å². The van der Waals surface area contributed by atoms with E-state index in [2.05, 4.69) is 15.9 Å². The number of carbonyl (C=O) groups excluding carboxylic acids is 2. The van der Waals surface area contributed by atoms with E-state index >= 15 is 0 Å². The van der Waals surface area contributed by atoms with Crippen molar-refractivity contribution in [3.8, 4) is 6.07 Å². The highest BCUT2D eigenvalue weighted by Gasteiger charge is 2.16. The van der Waals surface area contributed by atoms with Gasteiger partial charge in [0, 0.05) is 6.42 Å². The van der Waals surface area contributed by atoms with E-state index in [4.69, 9.17) is 10.00 Å². The summed E-state index contributed by atoms with van der Waals surface area (Å²) in [5.74, 6) is -0.588. The molecule has 1 aromatic carbocycles. The average Bonchev–Trinajstić information content (AvgIpc) is 2.38. The first-order valence-electron chi connectivity index (χ1n) is 5.40. The number of benzene rings is 1. The molecule has 0 bridgehead atoms. The molecule has 18 heavy (non-hydrogen) atoms. The van der Waals surface area contributed by atoms with Gasteiger partial charge in [0.25, 0.3) is 0 Å². The number of alkyl halides is 1. The normalized spacial score (nSPS) is 9.61. The lowest BCUT2D eigenvalue weighted by molar-refractivity contribution is -0.115. The van der Waals surface area contributed by atoms with Gasteiger partial charge in [-0.1, -0.05) is 28.1 Å². The highest BCUT2D eigenvalue weighted by molar-refractivity contribution is 9.09. The van der Waals surface area contributed by atoms with E-state index in [0.717, 1.165) is 0 Å². The number of hydrogen-bond acceptors (Lipinski definition) is 4. The third kappa shape index (κ3) is 3.41. The maximum atomic E-state index is 11.7. The molecule has 0 atom stereocenters. The zero-order valence-electron chi connectivity index (χ0n) is 9.90. The summed E-state index contributed by atoms with van der Waals surface area (Å²) in [5.41, 5.74) is 0.969. The van der Waals surface area contributed by atoms with Gasteiger partial charge in [-0.3, -0.25) is 4.79 Å². The van der Waals surface area contributed by atoms with Gasteiger partial charge in [0.05, 0.1) is 23.1 Å². The molecule has 5 heteroatoms. The molecule has 0 aromatic heterocycles. The van der Waals surface area contributed by atoms with Crippen LogP contribution in [-0.2, 0) is 16.0 Å². The fraction of sp³-hybridized carbons (Fsp3) is 0.308. The number of ketones is 1. The number of rotatable bonds is 5. The van der Waals surface area contributed by atoms with Crippen LogP contribution in [0.3, 0.4) is 0 Å². The number of nitrogens with zero attached hydrogens (tertiary/aromatic N) is 1. The van der Waals surface area contributed by atoms with Crippen LogP contribution in [-0.4, -0.2) is 23.7 Å². The third-order valence-corrected chi connectivity index (χ3v) is 2.92. The fourth-order valence-electron chi connectivity index (χ4n) is 1.52. The summed E-state index contributed by atoms with van der Waals surface area (Å²) in [6.07, 6.45) is 0.126. The standard InChI is InChI=1S/C13H12BrNO3/c1-2-18-13(17)11-5-3-4-9(12(11)8-15)6-10(16)7-14/h3-5H,2,6-7H2,1H3. The van der Waals surface area contributed by atoms with Crippen molar-refractivity contribution in [3.63, 3.8) is 0 Å². The van der Waals surface area contributed by atoms with Crippen molar-refractivity contribution in [2.45, 2.75) is 13.3 Å². The Morgan fingerprint density at radius 3 is 2.72 bits per heavy atom. The Morgan fingerprint density at radius 2 is 2.17 bits per heavy atom. The minimum Gasteiger partial charge on any atom is -0.462 e. The number of halogens is 1. The molecular weight excluding hydrogens is 298 g/mol. The van der Waals surface area contributed by atoms with Crippen LogP contribution in [0, 0.1) is 11.3 Å². The van der Waals surface area contributed by atoms with Crippen LogP contribution in [0.15, 0.2) is 18.2 Å². The quantitative estimate of drug-likeness (QED) is 0.618. The molecule has 94 valence electrons. The summed E-state index contributed by atoms with van der Waals surface area (Å²) >= 11 is 3.07. The van der Waals surface area contributed by atoms with E-state index in [-0.39, 0.29) is 35.3 Å². The van der Waals surface area contributed by atoms with Gasteiger partial charge in [0.2, 0.25) is 0 Å². The maximum absolute atomic E-state index is 11.7. The number of Topliss-reactive ketones (excluding diaryl/α,β-unsaturated/α-hetero) is 1. The van der Waals surface area contributed by atoms with Crippen LogP contribution >= 0.6 is 15.9 Å². The predicted octanol–water partition coefficient (Wildman–Crippen LogP) is 2.24. The number of ether oxygens (including phenoxy) is 1. The zero-order chi connectivity index (χ0) is 13.5. The van der Waals surface area contributed by atoms with Crippen molar-refractivity contribution in [1.82, 2.24) is 0 Å². The van der Waals surface area contributed by atoms with E-state index in [1.165, 1.54) is 6.07 Å². The van der Waals surface area contributed by atoms with E-state index in [1.54, 1.807) is 19.1 Å². The van der Waals surface area contributed by atoms with Crippen LogP contribution < -0.4 is 0 Å². The minimum atomic E-state index is -0.540. The molecule has 0 N–H and O–H groups in total. The number of hydrogen-bond donors (Lipinski definition) is 0. The van der Waals surface area contributed by atoms with Crippen LogP contribution in [0.4, 0.5) is 0 Å². The third-order valence-electron chi connectivity index (χ3n) is 2.29. The number of esters is 1. The molecule has 1 rings (SSSR count). The Bertz CT molecular complexity index is 505. The topological polar surface area (TPSA) is 67.2 Å². The number of carbonyl (C=O) groups is 2. The second-order valence-corrected chi connectivity index (χ2v) is 4.08.